The lowest BCUT2D eigenvalue weighted by atomic mass is 9.92. The maximum Gasteiger partial charge on any atom is 0.311 e. The van der Waals surface area contributed by atoms with Crippen molar-refractivity contribution in [3.8, 4) is 0 Å². The monoisotopic (exact) mass is 674 g/mol. The molecule has 1 aromatic rings. The van der Waals surface area contributed by atoms with Gasteiger partial charge in [0.15, 0.2) is 24.5 Å². The second-order valence-corrected chi connectivity index (χ2v) is 15.7. The third kappa shape index (κ3) is 11.2. The molecule has 1 aromatic carbocycles. The van der Waals surface area contributed by atoms with Crippen molar-refractivity contribution in [3.63, 3.8) is 0 Å². The van der Waals surface area contributed by atoms with Crippen LogP contribution in [0.25, 0.3) is 6.08 Å². The Kier molecular flexibility index (Phi) is 12.8. The number of carbonyl (C=O) groups excluding carboxylic acids is 4. The van der Waals surface area contributed by atoms with Gasteiger partial charge in [0, 0.05) is 12.3 Å². The summed E-state index contributed by atoms with van der Waals surface area (Å²) in [7, 11) is 0. The Labute approximate surface area is 282 Å². The number of para-hydroxylation sites is 1. The molecule has 1 aliphatic heterocycles. The fraction of sp³-hybridized carbons (Fsp3) is 0.629. The molecule has 1 heterocycles. The molecule has 1 saturated heterocycles. The van der Waals surface area contributed by atoms with Crippen LogP contribution in [-0.2, 0) is 42.9 Å². The Morgan fingerprint density at radius 3 is 1.69 bits per heavy atom. The topological polar surface area (TPSA) is 170 Å². The van der Waals surface area contributed by atoms with Crippen LogP contribution in [-0.4, -0.2) is 72.3 Å². The quantitative estimate of drug-likeness (QED) is 0.101. The molecule has 0 radical (unpaired) electrons. The summed E-state index contributed by atoms with van der Waals surface area (Å²) < 4.78 is 29.6. The third-order valence-corrected chi connectivity index (χ3v) is 6.90. The molecule has 5 atom stereocenters. The first kappa shape index (κ1) is 40.0. The van der Waals surface area contributed by atoms with Crippen LogP contribution in [0.3, 0.4) is 0 Å². The van der Waals surface area contributed by atoms with E-state index in [-0.39, 0.29) is 5.69 Å². The highest BCUT2D eigenvalue weighted by Gasteiger charge is 2.54. The predicted molar refractivity (Wildman–Crippen MR) is 178 cm³/mol. The maximum atomic E-state index is 13.4. The lowest BCUT2D eigenvalue weighted by Crippen LogP contribution is -2.63. The summed E-state index contributed by atoms with van der Waals surface area (Å²) in [6, 6.07) is 6.11. The zero-order valence-electron chi connectivity index (χ0n) is 30.0. The van der Waals surface area contributed by atoms with E-state index in [1.165, 1.54) is 24.4 Å². The van der Waals surface area contributed by atoms with Gasteiger partial charge in [0.1, 0.15) is 12.7 Å². The Hall–Kier alpha value is -4.13. The summed E-state index contributed by atoms with van der Waals surface area (Å²) in [6.45, 7) is 19.3. The summed E-state index contributed by atoms with van der Waals surface area (Å²) in [6.07, 6.45) is -2.63. The molecule has 0 saturated carbocycles. The first-order valence-corrected chi connectivity index (χ1v) is 15.7. The van der Waals surface area contributed by atoms with E-state index in [1.54, 1.807) is 101 Å². The van der Waals surface area contributed by atoms with Gasteiger partial charge < -0.3 is 23.7 Å². The van der Waals surface area contributed by atoms with E-state index in [1.807, 2.05) is 0 Å². The van der Waals surface area contributed by atoms with Crippen LogP contribution >= 0.6 is 0 Å². The molecule has 48 heavy (non-hydrogen) atoms. The van der Waals surface area contributed by atoms with E-state index in [4.69, 9.17) is 23.7 Å². The number of nitro groups is 1. The van der Waals surface area contributed by atoms with E-state index in [9.17, 15) is 29.3 Å². The lowest BCUT2D eigenvalue weighted by Gasteiger charge is -2.45. The molecule has 13 nitrogen and oxygen atoms in total. The molecule has 0 aliphatic carbocycles. The number of esters is 4. The molecule has 0 bridgehead atoms. The van der Waals surface area contributed by atoms with Crippen LogP contribution < -0.4 is 0 Å². The van der Waals surface area contributed by atoms with Gasteiger partial charge in [-0.15, -0.1) is 0 Å². The fourth-order valence-corrected chi connectivity index (χ4v) is 3.90. The standard InChI is InChI=1S/C35H50N2O11/c1-32(2,3)28(38)44-20-23-24(46-29(39)33(4,5)6)25(47-30(40)34(7,8)9)26(48-31(41)35(10,11)12)27(45-23)36-19-15-17-21-16-13-14-18-22(21)37(42)43/h13-19,23-27H,20H2,1-12H3/b17-15+,36-19+/t23-,24+,25+,26-,27-/m1/s1. The molecule has 0 N–H and O–H groups in total. The van der Waals surface area contributed by atoms with Crippen LogP contribution in [0.15, 0.2) is 35.3 Å². The highest BCUT2D eigenvalue weighted by Crippen LogP contribution is 2.34. The zero-order valence-corrected chi connectivity index (χ0v) is 30.0. The van der Waals surface area contributed by atoms with Crippen molar-refractivity contribution >= 4 is 41.9 Å². The van der Waals surface area contributed by atoms with Crippen molar-refractivity contribution in [2.75, 3.05) is 6.61 Å². The number of carbonyl (C=O) groups is 4. The van der Waals surface area contributed by atoms with E-state index in [0.29, 0.717) is 5.56 Å². The van der Waals surface area contributed by atoms with Crippen LogP contribution in [0.1, 0.15) is 88.6 Å². The van der Waals surface area contributed by atoms with Crippen LogP contribution in [0, 0.1) is 31.8 Å². The second kappa shape index (κ2) is 15.4. The Morgan fingerprint density at radius 2 is 1.21 bits per heavy atom. The summed E-state index contributed by atoms with van der Waals surface area (Å²) in [5.74, 6) is -2.60. The SMILES string of the molecule is CC(C)(C)C(=O)OC[C@H]1O[C@@H](/N=C/C=C/c2ccccc2[N+](=O)[O-])[C@H](OC(=O)C(C)(C)C)[C@@H](OC(=O)C(C)(C)C)[C@H]1OC(=O)C(C)(C)C. The van der Waals surface area contributed by atoms with Crippen molar-refractivity contribution in [1.82, 2.24) is 0 Å². The first-order chi connectivity index (χ1) is 21.8. The van der Waals surface area contributed by atoms with E-state index < -0.39 is 87.7 Å². The fourth-order valence-electron chi connectivity index (χ4n) is 3.90. The molecule has 13 heteroatoms. The number of benzene rings is 1. The number of rotatable bonds is 9. The van der Waals surface area contributed by atoms with Crippen molar-refractivity contribution < 1.29 is 47.8 Å². The molecule has 0 aromatic heterocycles. The van der Waals surface area contributed by atoms with Crippen molar-refractivity contribution in [1.29, 1.82) is 0 Å². The number of nitrogens with zero attached hydrogens (tertiary/aromatic N) is 2. The van der Waals surface area contributed by atoms with Crippen LogP contribution in [0.2, 0.25) is 0 Å². The van der Waals surface area contributed by atoms with Crippen molar-refractivity contribution in [3.05, 3.63) is 46.0 Å². The molecule has 0 amide bonds. The number of hydrogen-bond acceptors (Lipinski definition) is 12. The minimum Gasteiger partial charge on any atom is -0.462 e. The van der Waals surface area contributed by atoms with Crippen molar-refractivity contribution in [2.24, 2.45) is 26.7 Å². The highest BCUT2D eigenvalue weighted by molar-refractivity contribution is 5.80. The smallest absolute Gasteiger partial charge is 0.311 e. The van der Waals surface area contributed by atoms with Gasteiger partial charge in [0.25, 0.3) is 5.69 Å². The second-order valence-electron chi connectivity index (χ2n) is 15.7. The van der Waals surface area contributed by atoms with E-state index in [2.05, 4.69) is 4.99 Å². The van der Waals surface area contributed by atoms with Gasteiger partial charge in [-0.2, -0.15) is 0 Å². The number of allylic oxidation sites excluding steroid dienone is 1. The Bertz CT molecular complexity index is 1400. The van der Waals surface area contributed by atoms with Gasteiger partial charge in [-0.05, 0) is 101 Å². The van der Waals surface area contributed by atoms with Crippen molar-refractivity contribution in [2.45, 2.75) is 114 Å². The minimum absolute atomic E-state index is 0.119. The van der Waals surface area contributed by atoms with E-state index >= 15 is 0 Å². The predicted octanol–water partition coefficient (Wildman–Crippen LogP) is 5.87. The van der Waals surface area contributed by atoms with Crippen LogP contribution in [0.4, 0.5) is 5.69 Å². The van der Waals surface area contributed by atoms with Gasteiger partial charge in [0.2, 0.25) is 0 Å². The van der Waals surface area contributed by atoms with Gasteiger partial charge in [-0.1, -0.05) is 12.1 Å². The molecule has 0 unspecified atom stereocenters. The number of aliphatic imine (C=N–C) groups is 1. The molecular weight excluding hydrogens is 624 g/mol. The summed E-state index contributed by atoms with van der Waals surface area (Å²) in [5.41, 5.74) is -3.70. The lowest BCUT2D eigenvalue weighted by molar-refractivity contribution is -0.385. The largest absolute Gasteiger partial charge is 0.462 e. The van der Waals surface area contributed by atoms with Gasteiger partial charge in [-0.25, -0.2) is 0 Å². The van der Waals surface area contributed by atoms with Gasteiger partial charge in [0.05, 0.1) is 32.1 Å². The summed E-state index contributed by atoms with van der Waals surface area (Å²) in [5, 5.41) is 11.5. The average molecular weight is 675 g/mol. The van der Waals surface area contributed by atoms with Gasteiger partial charge >= 0.3 is 23.9 Å². The molecule has 266 valence electrons. The zero-order chi connectivity index (χ0) is 36.8. The number of hydrogen-bond donors (Lipinski definition) is 0. The van der Waals surface area contributed by atoms with E-state index in [0.717, 1.165) is 0 Å². The van der Waals surface area contributed by atoms with Crippen LogP contribution in [0.5, 0.6) is 0 Å². The Morgan fingerprint density at radius 1 is 0.750 bits per heavy atom. The molecule has 1 aliphatic rings. The molecule has 0 spiro atoms. The third-order valence-electron chi connectivity index (χ3n) is 6.90. The molecular formula is C35H50N2O11. The molecule has 2 rings (SSSR count). The molecule has 1 fully saturated rings. The normalized spacial score (nSPS) is 22.3. The summed E-state index contributed by atoms with van der Waals surface area (Å²) in [4.78, 5) is 68.1. The minimum atomic E-state index is -1.44. The Balaban J connectivity index is 2.71. The van der Waals surface area contributed by atoms with Gasteiger partial charge in [-0.3, -0.25) is 34.3 Å². The number of nitro benzene ring substituents is 1. The number of ether oxygens (including phenoxy) is 5. The first-order valence-electron chi connectivity index (χ1n) is 15.7. The maximum absolute atomic E-state index is 13.4. The highest BCUT2D eigenvalue weighted by atomic mass is 16.7. The average Bonchev–Trinajstić information content (AvgIpc) is 2.94. The summed E-state index contributed by atoms with van der Waals surface area (Å²) >= 11 is 0.